The fourth-order valence-corrected chi connectivity index (χ4v) is 4.12. The monoisotopic (exact) mass is 385 g/mol. The van der Waals surface area contributed by atoms with E-state index in [1.54, 1.807) is 11.9 Å². The number of rotatable bonds is 5. The molecule has 27 heavy (non-hydrogen) atoms. The molecular weight excluding hydrogens is 362 g/mol. The number of ether oxygens (including phenoxy) is 1. The van der Waals surface area contributed by atoms with E-state index in [0.717, 1.165) is 16.4 Å². The maximum Gasteiger partial charge on any atom is 0.338 e. The van der Waals surface area contributed by atoms with Gasteiger partial charge in [0.2, 0.25) is 5.91 Å². The van der Waals surface area contributed by atoms with Crippen molar-refractivity contribution in [3.63, 3.8) is 0 Å². The molecule has 0 aromatic heterocycles. The van der Waals surface area contributed by atoms with Crippen LogP contribution in [0.15, 0.2) is 57.7 Å². The van der Waals surface area contributed by atoms with Gasteiger partial charge in [0.15, 0.2) is 5.17 Å². The van der Waals surface area contributed by atoms with Crippen LogP contribution < -0.4 is 0 Å². The number of esters is 1. The highest BCUT2D eigenvalue weighted by Crippen LogP contribution is 2.44. The molecule has 2 heterocycles. The zero-order chi connectivity index (χ0) is 19.6. The molecule has 0 bridgehead atoms. The van der Waals surface area contributed by atoms with Crippen molar-refractivity contribution >= 4 is 28.8 Å². The number of amidine groups is 1. The summed E-state index contributed by atoms with van der Waals surface area (Å²) < 4.78 is 5.04. The van der Waals surface area contributed by atoms with E-state index in [-0.39, 0.29) is 18.4 Å². The number of benzene rings is 1. The molecule has 2 aliphatic heterocycles. The lowest BCUT2D eigenvalue weighted by Gasteiger charge is -2.36. The zero-order valence-electron chi connectivity index (χ0n) is 15.9. The Balaban J connectivity index is 2.04. The maximum atomic E-state index is 12.6. The Morgan fingerprint density at radius 3 is 2.63 bits per heavy atom. The smallest absolute Gasteiger partial charge is 0.338 e. The highest BCUT2D eigenvalue weighted by molar-refractivity contribution is 8.16. The van der Waals surface area contributed by atoms with Gasteiger partial charge in [-0.25, -0.2) is 9.79 Å². The minimum absolute atomic E-state index is 0.0308. The summed E-state index contributed by atoms with van der Waals surface area (Å²) in [6.45, 7) is 4.41. The lowest BCUT2D eigenvalue weighted by Crippen LogP contribution is -2.38. The Bertz CT molecular complexity index is 845. The average molecular weight is 385 g/mol. The van der Waals surface area contributed by atoms with E-state index in [1.807, 2.05) is 54.5 Å². The number of amides is 1. The summed E-state index contributed by atoms with van der Waals surface area (Å²) >= 11 is 1.48. The van der Waals surface area contributed by atoms with Crippen molar-refractivity contribution in [3.8, 4) is 0 Å². The largest absolute Gasteiger partial charge is 0.466 e. The van der Waals surface area contributed by atoms with Crippen LogP contribution in [-0.2, 0) is 14.3 Å². The third-order valence-corrected chi connectivity index (χ3v) is 5.64. The number of aliphatic imine (C=N–C) groups is 1. The lowest BCUT2D eigenvalue weighted by molar-refractivity contribution is -0.136. The topological polar surface area (TPSA) is 62.2 Å². The zero-order valence-corrected chi connectivity index (χ0v) is 16.7. The fourth-order valence-electron chi connectivity index (χ4n) is 3.16. The molecule has 0 saturated carbocycles. The Kier molecular flexibility index (Phi) is 5.70. The van der Waals surface area contributed by atoms with Gasteiger partial charge in [-0.2, -0.15) is 0 Å². The number of carbonyl (C=O) groups excluding carboxylic acids is 2. The molecule has 1 aromatic rings. The molecule has 1 amide bonds. The Hall–Kier alpha value is -2.54. The third-order valence-electron chi connectivity index (χ3n) is 4.75. The highest BCUT2D eigenvalue weighted by Gasteiger charge is 2.40. The van der Waals surface area contributed by atoms with Crippen molar-refractivity contribution in [2.75, 3.05) is 20.7 Å². The van der Waals surface area contributed by atoms with Crippen molar-refractivity contribution in [2.24, 2.45) is 4.99 Å². The number of carbonyl (C=O) groups is 2. The van der Waals surface area contributed by atoms with E-state index in [1.165, 1.54) is 18.9 Å². The normalized spacial score (nSPS) is 18.7. The minimum Gasteiger partial charge on any atom is -0.466 e. The van der Waals surface area contributed by atoms with E-state index in [9.17, 15) is 9.59 Å². The van der Waals surface area contributed by atoms with E-state index in [4.69, 9.17) is 4.74 Å². The van der Waals surface area contributed by atoms with Crippen LogP contribution in [0, 0.1) is 0 Å². The first-order valence-electron chi connectivity index (χ1n) is 8.79. The van der Waals surface area contributed by atoms with Gasteiger partial charge in [0.1, 0.15) is 0 Å². The van der Waals surface area contributed by atoms with Crippen LogP contribution >= 0.6 is 11.8 Å². The summed E-state index contributed by atoms with van der Waals surface area (Å²) in [5.74, 6) is -0.374. The molecule has 0 N–H and O–H groups in total. The molecule has 0 radical (unpaired) electrons. The second kappa shape index (κ2) is 8.00. The maximum absolute atomic E-state index is 12.6. The summed E-state index contributed by atoms with van der Waals surface area (Å²) in [4.78, 5) is 33.3. The molecule has 0 spiro atoms. The predicted molar refractivity (Wildman–Crippen MR) is 107 cm³/mol. The average Bonchev–Trinajstić information content (AvgIpc) is 3.08. The Morgan fingerprint density at radius 1 is 1.30 bits per heavy atom. The van der Waals surface area contributed by atoms with Gasteiger partial charge in [-0.05, 0) is 24.8 Å². The van der Waals surface area contributed by atoms with Crippen LogP contribution in [0.1, 0.15) is 31.9 Å². The molecule has 6 nitrogen and oxygen atoms in total. The number of methoxy groups -OCH3 is 1. The first-order chi connectivity index (χ1) is 13.0. The van der Waals surface area contributed by atoms with Gasteiger partial charge in [-0.3, -0.25) is 4.79 Å². The van der Waals surface area contributed by atoms with Gasteiger partial charge < -0.3 is 14.5 Å². The number of allylic oxidation sites excluding steroid dienone is 1. The number of hydrogen-bond donors (Lipinski definition) is 0. The van der Waals surface area contributed by atoms with Crippen LogP contribution in [0.5, 0.6) is 0 Å². The van der Waals surface area contributed by atoms with Crippen LogP contribution in [-0.4, -0.2) is 47.5 Å². The van der Waals surface area contributed by atoms with Crippen molar-refractivity contribution < 1.29 is 14.3 Å². The van der Waals surface area contributed by atoms with Crippen molar-refractivity contribution in [1.82, 2.24) is 9.80 Å². The van der Waals surface area contributed by atoms with Crippen LogP contribution in [0.3, 0.4) is 0 Å². The lowest BCUT2D eigenvalue weighted by atomic mass is 9.94. The molecule has 142 valence electrons. The van der Waals surface area contributed by atoms with Gasteiger partial charge in [0.05, 0.1) is 30.8 Å². The van der Waals surface area contributed by atoms with Gasteiger partial charge in [0, 0.05) is 19.3 Å². The second-order valence-electron chi connectivity index (χ2n) is 6.38. The van der Waals surface area contributed by atoms with Crippen LogP contribution in [0.2, 0.25) is 0 Å². The molecule has 0 saturated heterocycles. The van der Waals surface area contributed by atoms with Crippen LogP contribution in [0.25, 0.3) is 0 Å². The summed E-state index contributed by atoms with van der Waals surface area (Å²) in [6.07, 6.45) is 0.257. The quantitative estimate of drug-likeness (QED) is 0.728. The summed E-state index contributed by atoms with van der Waals surface area (Å²) in [6, 6.07) is 9.40. The predicted octanol–water partition coefficient (Wildman–Crippen LogP) is 3.30. The summed E-state index contributed by atoms with van der Waals surface area (Å²) in [5.41, 5.74) is 2.93. The van der Waals surface area contributed by atoms with Crippen molar-refractivity contribution in [2.45, 2.75) is 26.3 Å². The van der Waals surface area contributed by atoms with Gasteiger partial charge in [-0.1, -0.05) is 42.1 Å². The molecule has 1 unspecified atom stereocenters. The number of nitrogens with zero attached hydrogens (tertiary/aromatic N) is 3. The van der Waals surface area contributed by atoms with E-state index < -0.39 is 5.97 Å². The first-order valence-corrected chi connectivity index (χ1v) is 9.67. The SMILES string of the molecule is CCN(C)C(=O)CC1=CSC2=NC(C)=C(C(=O)OC)C(c3ccccc3)N12. The first kappa shape index (κ1) is 19.2. The van der Waals surface area contributed by atoms with Gasteiger partial charge in [-0.15, -0.1) is 0 Å². The standard InChI is InChI=1S/C20H23N3O3S/c1-5-22(3)16(24)11-15-12-27-20-21-13(2)17(19(25)26-4)18(23(15)20)14-9-7-6-8-10-14/h6-10,12,18H,5,11H2,1-4H3. The van der Waals surface area contributed by atoms with Crippen LogP contribution in [0.4, 0.5) is 0 Å². The number of fused-ring (bicyclic) bond motifs is 1. The number of thioether (sulfide) groups is 1. The minimum atomic E-state index is -0.405. The number of hydrogen-bond acceptors (Lipinski definition) is 6. The molecular formula is C20H23N3O3S. The Morgan fingerprint density at radius 2 is 2.00 bits per heavy atom. The molecule has 0 fully saturated rings. The molecule has 2 aliphatic rings. The van der Waals surface area contributed by atoms with E-state index in [0.29, 0.717) is 17.8 Å². The summed E-state index contributed by atoms with van der Waals surface area (Å²) in [7, 11) is 3.16. The molecule has 7 heteroatoms. The van der Waals surface area contributed by atoms with E-state index in [2.05, 4.69) is 4.99 Å². The third kappa shape index (κ3) is 3.64. The highest BCUT2D eigenvalue weighted by atomic mass is 32.2. The Labute approximate surface area is 163 Å². The summed E-state index contributed by atoms with van der Waals surface area (Å²) in [5, 5.41) is 2.72. The van der Waals surface area contributed by atoms with Gasteiger partial charge in [0.25, 0.3) is 0 Å². The van der Waals surface area contributed by atoms with E-state index >= 15 is 0 Å². The van der Waals surface area contributed by atoms with Gasteiger partial charge >= 0.3 is 5.97 Å². The molecule has 1 atom stereocenters. The fraction of sp³-hybridized carbons (Fsp3) is 0.350. The second-order valence-corrected chi connectivity index (χ2v) is 7.22. The molecule has 1 aromatic carbocycles. The molecule has 3 rings (SSSR count). The molecule has 0 aliphatic carbocycles. The van der Waals surface area contributed by atoms with Crippen molar-refractivity contribution in [3.05, 3.63) is 58.3 Å². The van der Waals surface area contributed by atoms with Crippen molar-refractivity contribution in [1.29, 1.82) is 0 Å².